The number of carbonyl (C=O) groups excluding carboxylic acids is 3. The topological polar surface area (TPSA) is 109 Å². The second-order valence-corrected chi connectivity index (χ2v) is 11.0. The van der Waals surface area contributed by atoms with E-state index in [1.54, 1.807) is 12.1 Å². The first-order valence-electron chi connectivity index (χ1n) is 12.6. The Morgan fingerprint density at radius 1 is 1.26 bits per heavy atom. The van der Waals surface area contributed by atoms with E-state index in [4.69, 9.17) is 0 Å². The number of nitrogens with one attached hydrogen (secondary N) is 2. The predicted molar refractivity (Wildman–Crippen MR) is 141 cm³/mol. The molecule has 1 spiro atoms. The number of para-hydroxylation sites is 1. The molecule has 2 aromatic carbocycles. The Hall–Kier alpha value is -4.19. The number of nitriles is 1. The number of hydrogen-bond donors (Lipinski definition) is 2. The van der Waals surface area contributed by atoms with Gasteiger partial charge in [0.25, 0.3) is 5.91 Å². The highest BCUT2D eigenvalue weighted by molar-refractivity contribution is 6.07. The summed E-state index contributed by atoms with van der Waals surface area (Å²) in [5.41, 5.74) is 0.611. The van der Waals surface area contributed by atoms with Gasteiger partial charge in [0.1, 0.15) is 23.4 Å². The van der Waals surface area contributed by atoms with Gasteiger partial charge < -0.3 is 20.1 Å². The number of aryl methyl sites for hydroxylation is 1. The molecule has 3 aromatic rings. The number of alkyl halides is 1. The van der Waals surface area contributed by atoms with Crippen LogP contribution in [0.1, 0.15) is 48.3 Å². The minimum atomic E-state index is -1.78. The van der Waals surface area contributed by atoms with Gasteiger partial charge in [0.15, 0.2) is 0 Å². The first-order valence-corrected chi connectivity index (χ1v) is 12.6. The first-order chi connectivity index (χ1) is 17.9. The third-order valence-corrected chi connectivity index (χ3v) is 7.78. The van der Waals surface area contributed by atoms with Crippen molar-refractivity contribution in [3.05, 3.63) is 65.4 Å². The minimum Gasteiger partial charge on any atom is -0.351 e. The summed E-state index contributed by atoms with van der Waals surface area (Å²) in [5.74, 6) is -1.29. The second-order valence-electron chi connectivity index (χ2n) is 11.0. The van der Waals surface area contributed by atoms with Gasteiger partial charge in [-0.2, -0.15) is 5.26 Å². The molecular formula is C29H30FN5O3. The lowest BCUT2D eigenvalue weighted by atomic mass is 9.80. The SMILES string of the molecule is Cc1cccc2[nH]c(C(=O)N(C)[C@@H](CC(C)(C)F)C(=O)N3C[C@]4(C[C@H]3C#N)C(=O)Nc3ccccc34)cc12. The normalized spacial score (nSPS) is 21.3. The Bertz CT molecular complexity index is 1500. The summed E-state index contributed by atoms with van der Waals surface area (Å²) in [5, 5.41) is 13.7. The number of aromatic amines is 1. The van der Waals surface area contributed by atoms with Gasteiger partial charge in [0.2, 0.25) is 11.8 Å². The van der Waals surface area contributed by atoms with Crippen LogP contribution in [0.5, 0.6) is 0 Å². The predicted octanol–water partition coefficient (Wildman–Crippen LogP) is 4.07. The number of halogens is 1. The van der Waals surface area contributed by atoms with Crippen LogP contribution in [0.25, 0.3) is 10.9 Å². The van der Waals surface area contributed by atoms with E-state index in [2.05, 4.69) is 16.4 Å². The highest BCUT2D eigenvalue weighted by atomic mass is 19.1. The van der Waals surface area contributed by atoms with Crippen LogP contribution in [0.4, 0.5) is 10.1 Å². The van der Waals surface area contributed by atoms with Crippen molar-refractivity contribution in [1.29, 1.82) is 5.26 Å². The van der Waals surface area contributed by atoms with E-state index in [9.17, 15) is 19.6 Å². The molecule has 1 saturated heterocycles. The van der Waals surface area contributed by atoms with Crippen molar-refractivity contribution < 1.29 is 18.8 Å². The van der Waals surface area contributed by atoms with Crippen molar-refractivity contribution in [3.63, 3.8) is 0 Å². The highest BCUT2D eigenvalue weighted by Gasteiger charge is 2.57. The van der Waals surface area contributed by atoms with Gasteiger partial charge in [-0.05, 0) is 50.1 Å². The molecule has 3 atom stereocenters. The fraction of sp³-hybridized carbons (Fsp3) is 0.379. The Labute approximate surface area is 220 Å². The number of amides is 3. The van der Waals surface area contributed by atoms with Crippen LogP contribution in [0, 0.1) is 18.3 Å². The molecule has 2 aliphatic heterocycles. The number of likely N-dealkylation sites (tertiary alicyclic amines) is 1. The fourth-order valence-electron chi connectivity index (χ4n) is 5.78. The van der Waals surface area contributed by atoms with Crippen molar-refractivity contribution in [2.24, 2.45) is 0 Å². The van der Waals surface area contributed by atoms with Crippen LogP contribution < -0.4 is 5.32 Å². The van der Waals surface area contributed by atoms with Crippen molar-refractivity contribution >= 4 is 34.3 Å². The largest absolute Gasteiger partial charge is 0.351 e. The molecule has 8 nitrogen and oxygen atoms in total. The second kappa shape index (κ2) is 8.98. The van der Waals surface area contributed by atoms with Gasteiger partial charge in [0.05, 0.1) is 11.5 Å². The average molecular weight is 516 g/mol. The van der Waals surface area contributed by atoms with Crippen LogP contribution >= 0.6 is 0 Å². The van der Waals surface area contributed by atoms with Gasteiger partial charge in [0, 0.05) is 43.0 Å². The number of hydrogen-bond acceptors (Lipinski definition) is 4. The molecule has 1 aromatic heterocycles. The quantitative estimate of drug-likeness (QED) is 0.534. The average Bonchev–Trinajstić information content (AvgIpc) is 3.56. The van der Waals surface area contributed by atoms with Gasteiger partial charge in [-0.15, -0.1) is 0 Å². The molecule has 9 heteroatoms. The zero-order valence-electron chi connectivity index (χ0n) is 21.8. The van der Waals surface area contributed by atoms with Crippen LogP contribution in [0.2, 0.25) is 0 Å². The van der Waals surface area contributed by atoms with Gasteiger partial charge in [-0.1, -0.05) is 30.3 Å². The lowest BCUT2D eigenvalue weighted by molar-refractivity contribution is -0.137. The highest BCUT2D eigenvalue weighted by Crippen LogP contribution is 2.46. The first kappa shape index (κ1) is 25.5. The zero-order valence-corrected chi connectivity index (χ0v) is 21.8. The lowest BCUT2D eigenvalue weighted by Crippen LogP contribution is -2.53. The third kappa shape index (κ3) is 4.10. The van der Waals surface area contributed by atoms with Crippen LogP contribution in [0.15, 0.2) is 48.5 Å². The maximum Gasteiger partial charge on any atom is 0.270 e. The number of fused-ring (bicyclic) bond motifs is 3. The molecule has 0 aliphatic carbocycles. The van der Waals surface area contributed by atoms with E-state index in [0.29, 0.717) is 5.69 Å². The van der Waals surface area contributed by atoms with Crippen molar-refractivity contribution in [2.45, 2.75) is 56.8 Å². The molecule has 0 radical (unpaired) electrons. The number of anilines is 1. The molecule has 196 valence electrons. The molecular weight excluding hydrogens is 485 g/mol. The Kier molecular flexibility index (Phi) is 6.02. The fourth-order valence-corrected chi connectivity index (χ4v) is 5.78. The molecule has 38 heavy (non-hydrogen) atoms. The van der Waals surface area contributed by atoms with E-state index in [-0.39, 0.29) is 31.0 Å². The summed E-state index contributed by atoms with van der Waals surface area (Å²) in [7, 11) is 1.47. The number of rotatable bonds is 5. The monoisotopic (exact) mass is 515 g/mol. The third-order valence-electron chi connectivity index (χ3n) is 7.78. The summed E-state index contributed by atoms with van der Waals surface area (Å²) >= 11 is 0. The zero-order chi connectivity index (χ0) is 27.4. The molecule has 3 heterocycles. The molecule has 5 rings (SSSR count). The van der Waals surface area contributed by atoms with E-state index >= 15 is 4.39 Å². The van der Waals surface area contributed by atoms with Gasteiger partial charge in [-0.25, -0.2) is 4.39 Å². The Balaban J connectivity index is 1.48. The molecule has 2 N–H and O–H groups in total. The number of likely N-dealkylation sites (N-methyl/N-ethyl adjacent to an activating group) is 1. The van der Waals surface area contributed by atoms with Crippen LogP contribution in [-0.2, 0) is 15.0 Å². The minimum absolute atomic E-state index is 0.0241. The number of benzene rings is 2. The number of aromatic nitrogens is 1. The summed E-state index contributed by atoms with van der Waals surface area (Å²) in [6.07, 6.45) is -0.138. The van der Waals surface area contributed by atoms with E-state index < -0.39 is 35.0 Å². The summed E-state index contributed by atoms with van der Waals surface area (Å²) in [4.78, 5) is 46.4. The molecule has 0 bridgehead atoms. The standard InChI is InChI=1S/C29H30FN5O3/c1-17-8-7-11-21-19(17)12-23(32-21)25(36)34(4)24(14-28(2,3)30)26(37)35-16-29(13-18(35)15-31)20-9-5-6-10-22(20)33-27(29)38/h5-12,18,24,32H,13-14,16H2,1-4H3,(H,33,38)/t18-,24-,29-/m0/s1. The Morgan fingerprint density at radius 2 is 2.00 bits per heavy atom. The summed E-state index contributed by atoms with van der Waals surface area (Å²) in [6.45, 7) is 4.62. The lowest BCUT2D eigenvalue weighted by Gasteiger charge is -2.34. The Morgan fingerprint density at radius 3 is 2.68 bits per heavy atom. The molecule has 3 amide bonds. The number of nitrogens with zero attached hydrogens (tertiary/aromatic N) is 3. The number of H-pyrrole nitrogens is 1. The van der Waals surface area contributed by atoms with Crippen LogP contribution in [0.3, 0.4) is 0 Å². The maximum atomic E-state index is 15.0. The van der Waals surface area contributed by atoms with E-state index in [0.717, 1.165) is 22.0 Å². The molecule has 2 aliphatic rings. The smallest absolute Gasteiger partial charge is 0.270 e. The van der Waals surface area contributed by atoms with Crippen molar-refractivity contribution in [2.75, 3.05) is 18.9 Å². The van der Waals surface area contributed by atoms with Crippen molar-refractivity contribution in [3.8, 4) is 6.07 Å². The van der Waals surface area contributed by atoms with Gasteiger partial charge >= 0.3 is 0 Å². The maximum absolute atomic E-state index is 15.0. The number of carbonyl (C=O) groups is 3. The van der Waals surface area contributed by atoms with E-state index in [1.165, 1.54) is 30.7 Å². The van der Waals surface area contributed by atoms with Gasteiger partial charge in [-0.3, -0.25) is 14.4 Å². The molecule has 0 unspecified atom stereocenters. The summed E-state index contributed by atoms with van der Waals surface area (Å²) in [6, 6.07) is 14.7. The van der Waals surface area contributed by atoms with Crippen LogP contribution in [-0.4, -0.2) is 63.9 Å². The molecule has 1 fully saturated rings. The van der Waals surface area contributed by atoms with Crippen molar-refractivity contribution in [1.82, 2.24) is 14.8 Å². The van der Waals surface area contributed by atoms with E-state index in [1.807, 2.05) is 43.3 Å². The summed E-state index contributed by atoms with van der Waals surface area (Å²) < 4.78 is 15.0. The molecule has 0 saturated carbocycles.